The van der Waals surface area contributed by atoms with Gasteiger partial charge in [-0.1, -0.05) is 29.8 Å². The first-order valence-electron chi connectivity index (χ1n) is 8.08. The van der Waals surface area contributed by atoms with Crippen LogP contribution in [0.3, 0.4) is 0 Å². The highest BCUT2D eigenvalue weighted by Crippen LogP contribution is 2.22. The highest BCUT2D eigenvalue weighted by Gasteiger charge is 2.11. The summed E-state index contributed by atoms with van der Waals surface area (Å²) in [5.74, 6) is 0.826. The molecule has 24 heavy (non-hydrogen) atoms. The van der Waals surface area contributed by atoms with E-state index in [-0.39, 0.29) is 5.91 Å². The van der Waals surface area contributed by atoms with Gasteiger partial charge in [0.1, 0.15) is 5.75 Å². The molecular formula is C20H26N2O2. The third kappa shape index (κ3) is 4.83. The molecule has 0 heterocycles. The van der Waals surface area contributed by atoms with Crippen LogP contribution in [0.4, 0.5) is 5.69 Å². The van der Waals surface area contributed by atoms with Crippen LogP contribution in [0.25, 0.3) is 0 Å². The lowest BCUT2D eigenvalue weighted by Gasteiger charge is -2.18. The van der Waals surface area contributed by atoms with Gasteiger partial charge in [-0.3, -0.25) is 9.69 Å². The molecule has 0 aliphatic carbocycles. The van der Waals surface area contributed by atoms with Crippen LogP contribution < -0.4 is 10.1 Å². The Bertz CT molecular complexity index is 702. The first-order chi connectivity index (χ1) is 11.4. The molecule has 1 amide bonds. The summed E-state index contributed by atoms with van der Waals surface area (Å²) in [7, 11) is 3.59. The molecule has 2 aromatic rings. The van der Waals surface area contributed by atoms with Gasteiger partial charge in [0.25, 0.3) is 0 Å². The minimum Gasteiger partial charge on any atom is -0.497 e. The van der Waals surface area contributed by atoms with E-state index in [1.807, 2.05) is 50.1 Å². The Balaban J connectivity index is 1.97. The number of carbonyl (C=O) groups excluding carboxylic acids is 1. The van der Waals surface area contributed by atoms with Gasteiger partial charge >= 0.3 is 0 Å². The Hall–Kier alpha value is -2.33. The number of carbonyl (C=O) groups is 1. The van der Waals surface area contributed by atoms with Crippen LogP contribution in [-0.4, -0.2) is 31.5 Å². The fourth-order valence-corrected chi connectivity index (χ4v) is 2.94. The number of methoxy groups -OCH3 is 1. The Morgan fingerprint density at radius 3 is 2.42 bits per heavy atom. The molecule has 0 aromatic heterocycles. The van der Waals surface area contributed by atoms with Crippen molar-refractivity contribution in [2.75, 3.05) is 26.0 Å². The SMILES string of the molecule is COc1cccc(CN(C)CC(=O)Nc2c(C)cc(C)cc2C)c1. The summed E-state index contributed by atoms with van der Waals surface area (Å²) in [5, 5.41) is 3.04. The smallest absolute Gasteiger partial charge is 0.238 e. The summed E-state index contributed by atoms with van der Waals surface area (Å²) in [6, 6.07) is 12.1. The topological polar surface area (TPSA) is 41.6 Å². The molecule has 0 unspecified atom stereocenters. The molecule has 4 nitrogen and oxygen atoms in total. The molecule has 2 aromatic carbocycles. The van der Waals surface area contributed by atoms with Crippen molar-refractivity contribution in [1.29, 1.82) is 0 Å². The van der Waals surface area contributed by atoms with Gasteiger partial charge < -0.3 is 10.1 Å². The van der Waals surface area contributed by atoms with Crippen molar-refractivity contribution < 1.29 is 9.53 Å². The third-order valence-corrected chi connectivity index (χ3v) is 3.94. The molecule has 0 fully saturated rings. The molecule has 1 N–H and O–H groups in total. The fourth-order valence-electron chi connectivity index (χ4n) is 2.94. The summed E-state index contributed by atoms with van der Waals surface area (Å²) in [4.78, 5) is 14.3. The molecule has 0 saturated carbocycles. The van der Waals surface area contributed by atoms with E-state index in [9.17, 15) is 4.79 Å². The normalized spacial score (nSPS) is 10.8. The van der Waals surface area contributed by atoms with Gasteiger partial charge in [0.2, 0.25) is 5.91 Å². The summed E-state index contributed by atoms with van der Waals surface area (Å²) in [6.07, 6.45) is 0. The van der Waals surface area contributed by atoms with Gasteiger partial charge in [0.05, 0.1) is 13.7 Å². The molecule has 0 radical (unpaired) electrons. The maximum atomic E-state index is 12.3. The first kappa shape index (κ1) is 18.0. The van der Waals surface area contributed by atoms with E-state index in [4.69, 9.17) is 4.74 Å². The minimum absolute atomic E-state index is 0.00421. The Labute approximate surface area is 144 Å². The number of hydrogen-bond acceptors (Lipinski definition) is 3. The molecule has 0 spiro atoms. The molecule has 0 aliphatic heterocycles. The highest BCUT2D eigenvalue weighted by atomic mass is 16.5. The van der Waals surface area contributed by atoms with Crippen LogP contribution in [0, 0.1) is 20.8 Å². The number of rotatable bonds is 6. The van der Waals surface area contributed by atoms with Crippen molar-refractivity contribution in [3.63, 3.8) is 0 Å². The maximum absolute atomic E-state index is 12.3. The van der Waals surface area contributed by atoms with Crippen molar-refractivity contribution in [2.45, 2.75) is 27.3 Å². The number of aryl methyl sites for hydroxylation is 3. The number of likely N-dealkylation sites (N-methyl/N-ethyl adjacent to an activating group) is 1. The molecule has 128 valence electrons. The van der Waals surface area contributed by atoms with Gasteiger partial charge in [0, 0.05) is 12.2 Å². The highest BCUT2D eigenvalue weighted by molar-refractivity contribution is 5.93. The molecule has 0 bridgehead atoms. The van der Waals surface area contributed by atoms with Gasteiger partial charge in [-0.05, 0) is 56.6 Å². The van der Waals surface area contributed by atoms with Gasteiger partial charge in [-0.15, -0.1) is 0 Å². The zero-order valence-corrected chi connectivity index (χ0v) is 15.1. The van der Waals surface area contributed by atoms with Gasteiger partial charge in [-0.25, -0.2) is 0 Å². The molecule has 0 saturated heterocycles. The Kier molecular flexibility index (Phi) is 5.99. The molecule has 2 rings (SSSR count). The fraction of sp³-hybridized carbons (Fsp3) is 0.350. The second kappa shape index (κ2) is 7.97. The zero-order chi connectivity index (χ0) is 17.7. The molecule has 4 heteroatoms. The molecule has 0 aliphatic rings. The van der Waals surface area contributed by atoms with E-state index in [1.165, 1.54) is 5.56 Å². The van der Waals surface area contributed by atoms with Crippen molar-refractivity contribution in [2.24, 2.45) is 0 Å². The maximum Gasteiger partial charge on any atom is 0.238 e. The summed E-state index contributed by atoms with van der Waals surface area (Å²) >= 11 is 0. The van der Waals surface area contributed by atoms with Crippen LogP contribution in [0.2, 0.25) is 0 Å². The van der Waals surface area contributed by atoms with E-state index in [2.05, 4.69) is 24.4 Å². The number of amides is 1. The lowest BCUT2D eigenvalue weighted by atomic mass is 10.1. The van der Waals surface area contributed by atoms with Crippen LogP contribution >= 0.6 is 0 Å². The average Bonchev–Trinajstić information content (AvgIpc) is 2.50. The second-order valence-electron chi connectivity index (χ2n) is 6.35. The van der Waals surface area contributed by atoms with Gasteiger partial charge in [0.15, 0.2) is 0 Å². The molecule has 0 atom stereocenters. The third-order valence-electron chi connectivity index (χ3n) is 3.94. The average molecular weight is 326 g/mol. The Morgan fingerprint density at radius 2 is 1.79 bits per heavy atom. The predicted molar refractivity (Wildman–Crippen MR) is 98.6 cm³/mol. The standard InChI is InChI=1S/C20H26N2O2/c1-14-9-15(2)20(16(3)10-14)21-19(23)13-22(4)12-17-7-6-8-18(11-17)24-5/h6-11H,12-13H2,1-5H3,(H,21,23). The number of anilines is 1. The van der Waals surface area contributed by atoms with Crippen LogP contribution in [0.5, 0.6) is 5.75 Å². The van der Waals surface area contributed by atoms with Crippen LogP contribution in [0.15, 0.2) is 36.4 Å². The summed E-state index contributed by atoms with van der Waals surface area (Å²) in [6.45, 7) is 7.14. The first-order valence-corrected chi connectivity index (χ1v) is 8.08. The number of nitrogens with one attached hydrogen (secondary N) is 1. The van der Waals surface area contributed by atoms with Crippen LogP contribution in [0.1, 0.15) is 22.3 Å². The second-order valence-corrected chi connectivity index (χ2v) is 6.35. The quantitative estimate of drug-likeness (QED) is 0.880. The van der Waals surface area contributed by atoms with E-state index in [1.54, 1.807) is 7.11 Å². The van der Waals surface area contributed by atoms with E-state index in [0.29, 0.717) is 13.1 Å². The van der Waals surface area contributed by atoms with Crippen LogP contribution in [-0.2, 0) is 11.3 Å². The zero-order valence-electron chi connectivity index (χ0n) is 15.1. The van der Waals surface area contributed by atoms with E-state index in [0.717, 1.165) is 28.1 Å². The minimum atomic E-state index is -0.00421. The van der Waals surface area contributed by atoms with Crippen molar-refractivity contribution >= 4 is 11.6 Å². The summed E-state index contributed by atoms with van der Waals surface area (Å²) in [5.41, 5.74) is 5.43. The van der Waals surface area contributed by atoms with E-state index >= 15 is 0 Å². The number of nitrogens with zero attached hydrogens (tertiary/aromatic N) is 1. The monoisotopic (exact) mass is 326 g/mol. The Morgan fingerprint density at radius 1 is 1.12 bits per heavy atom. The number of hydrogen-bond donors (Lipinski definition) is 1. The van der Waals surface area contributed by atoms with Crippen molar-refractivity contribution in [1.82, 2.24) is 4.90 Å². The number of benzene rings is 2. The molecular weight excluding hydrogens is 300 g/mol. The largest absolute Gasteiger partial charge is 0.497 e. The number of ether oxygens (including phenoxy) is 1. The lowest BCUT2D eigenvalue weighted by Crippen LogP contribution is -2.30. The van der Waals surface area contributed by atoms with Crippen molar-refractivity contribution in [3.05, 3.63) is 58.7 Å². The van der Waals surface area contributed by atoms with Gasteiger partial charge in [-0.2, -0.15) is 0 Å². The predicted octanol–water partition coefficient (Wildman–Crippen LogP) is 3.69. The lowest BCUT2D eigenvalue weighted by molar-refractivity contribution is -0.117. The van der Waals surface area contributed by atoms with Crippen molar-refractivity contribution in [3.8, 4) is 5.75 Å². The summed E-state index contributed by atoms with van der Waals surface area (Å²) < 4.78 is 5.23. The van der Waals surface area contributed by atoms with E-state index < -0.39 is 0 Å².